The Bertz CT molecular complexity index is 1330. The molecule has 0 aliphatic rings. The van der Waals surface area contributed by atoms with Crippen molar-refractivity contribution in [2.75, 3.05) is 0 Å². The van der Waals surface area contributed by atoms with E-state index in [0.717, 1.165) is 37.5 Å². The van der Waals surface area contributed by atoms with Crippen LogP contribution >= 0.6 is 0 Å². The molecule has 41 heavy (non-hydrogen) atoms. The monoisotopic (exact) mass is 568 g/mol. The summed E-state index contributed by atoms with van der Waals surface area (Å²) in [6.07, 6.45) is 18.2. The minimum absolute atomic E-state index is 0.109. The van der Waals surface area contributed by atoms with Crippen molar-refractivity contribution < 1.29 is 34.4 Å². The Morgan fingerprint density at radius 1 is 0.707 bits per heavy atom. The van der Waals surface area contributed by atoms with Gasteiger partial charge in [0.25, 0.3) is 0 Å². The summed E-state index contributed by atoms with van der Waals surface area (Å²) in [5.74, 6) is -2.90. The molecule has 0 amide bonds. The minimum Gasteiger partial charge on any atom is -0.508 e. The molecular formula is C33H44O8. The Morgan fingerprint density at radius 3 is 1.83 bits per heavy atom. The van der Waals surface area contributed by atoms with Crippen LogP contribution in [0.15, 0.2) is 39.5 Å². The van der Waals surface area contributed by atoms with Crippen LogP contribution in [0.2, 0.25) is 0 Å². The molecule has 224 valence electrons. The number of carbonyl (C=O) groups is 1. The fraction of sp³-hybridized carbons (Fsp3) is 0.515. The predicted octanol–water partition coefficient (Wildman–Crippen LogP) is 8.45. The summed E-state index contributed by atoms with van der Waals surface area (Å²) >= 11 is 0. The standard InChI is InChI=1S/C33H44O8/c1-2-3-4-5-6-7-8-9-10-11-12-13-14-15-16-17-29(38)41-33-31(39)30-27(37)21-24(34)22-28(30)40-32(33)23-18-19-25(35)26(36)20-23/h18-22,34-37H,2-17H2,1H3. The van der Waals surface area contributed by atoms with Gasteiger partial charge >= 0.3 is 5.97 Å². The molecule has 1 heterocycles. The van der Waals surface area contributed by atoms with Crippen LogP contribution in [0.3, 0.4) is 0 Å². The van der Waals surface area contributed by atoms with Crippen molar-refractivity contribution in [3.8, 4) is 40.1 Å². The molecule has 0 aliphatic heterocycles. The van der Waals surface area contributed by atoms with Gasteiger partial charge in [-0.05, 0) is 24.6 Å². The molecule has 0 bridgehead atoms. The van der Waals surface area contributed by atoms with E-state index in [9.17, 15) is 30.0 Å². The van der Waals surface area contributed by atoms with E-state index >= 15 is 0 Å². The molecule has 0 fully saturated rings. The van der Waals surface area contributed by atoms with Crippen LogP contribution in [0.5, 0.6) is 28.7 Å². The van der Waals surface area contributed by atoms with E-state index in [1.54, 1.807) is 0 Å². The van der Waals surface area contributed by atoms with Gasteiger partial charge in [0.05, 0.1) is 0 Å². The third-order valence-electron chi connectivity index (χ3n) is 7.36. The van der Waals surface area contributed by atoms with Gasteiger partial charge in [0.1, 0.15) is 22.5 Å². The number of phenols is 4. The van der Waals surface area contributed by atoms with Gasteiger partial charge in [-0.1, -0.05) is 96.8 Å². The summed E-state index contributed by atoms with van der Waals surface area (Å²) in [7, 11) is 0. The molecule has 0 radical (unpaired) electrons. The maximum absolute atomic E-state index is 13.3. The van der Waals surface area contributed by atoms with E-state index in [2.05, 4.69) is 6.92 Å². The lowest BCUT2D eigenvalue weighted by molar-refractivity contribution is -0.134. The first-order valence-electron chi connectivity index (χ1n) is 15.1. The van der Waals surface area contributed by atoms with E-state index in [0.29, 0.717) is 6.42 Å². The van der Waals surface area contributed by atoms with E-state index in [4.69, 9.17) is 9.15 Å². The first-order chi connectivity index (χ1) is 19.8. The molecule has 0 atom stereocenters. The number of esters is 1. The number of rotatable bonds is 18. The SMILES string of the molecule is CCCCCCCCCCCCCCCCCC(=O)Oc1c(-c2ccc(O)c(O)c2)oc2cc(O)cc(O)c2c1=O. The summed E-state index contributed by atoms with van der Waals surface area (Å²) in [5, 5.41) is 39.5. The van der Waals surface area contributed by atoms with Crippen molar-refractivity contribution in [2.45, 2.75) is 110 Å². The van der Waals surface area contributed by atoms with Crippen molar-refractivity contribution in [3.05, 3.63) is 40.6 Å². The minimum atomic E-state index is -0.795. The molecule has 0 saturated heterocycles. The first-order valence-corrected chi connectivity index (χ1v) is 15.1. The molecule has 0 aliphatic carbocycles. The molecule has 0 unspecified atom stereocenters. The van der Waals surface area contributed by atoms with E-state index in [-0.39, 0.29) is 40.2 Å². The molecule has 0 spiro atoms. The zero-order valence-corrected chi connectivity index (χ0v) is 24.1. The number of phenolic OH excluding ortho intramolecular Hbond substituents is 4. The average Bonchev–Trinajstić information content (AvgIpc) is 2.93. The second-order valence-electron chi connectivity index (χ2n) is 10.8. The fourth-order valence-electron chi connectivity index (χ4n) is 5.02. The first kappa shape index (κ1) is 31.8. The number of carbonyl (C=O) groups excluding carboxylic acids is 1. The smallest absolute Gasteiger partial charge is 0.311 e. The van der Waals surface area contributed by atoms with E-state index in [1.807, 2.05) is 0 Å². The Hall–Kier alpha value is -3.68. The Kier molecular flexibility index (Phi) is 12.9. The van der Waals surface area contributed by atoms with Crippen LogP contribution in [0.4, 0.5) is 0 Å². The molecule has 3 rings (SSSR count). The van der Waals surface area contributed by atoms with Crippen molar-refractivity contribution in [3.63, 3.8) is 0 Å². The van der Waals surface area contributed by atoms with Gasteiger partial charge in [-0.2, -0.15) is 0 Å². The van der Waals surface area contributed by atoms with Crippen molar-refractivity contribution in [1.82, 2.24) is 0 Å². The van der Waals surface area contributed by atoms with Gasteiger partial charge in [0, 0.05) is 24.1 Å². The van der Waals surface area contributed by atoms with Gasteiger partial charge < -0.3 is 29.6 Å². The summed E-state index contributed by atoms with van der Waals surface area (Å²) in [6, 6.07) is 5.89. The summed E-state index contributed by atoms with van der Waals surface area (Å²) in [6.45, 7) is 2.24. The highest BCUT2D eigenvalue weighted by atomic mass is 16.5. The normalized spacial score (nSPS) is 11.2. The van der Waals surface area contributed by atoms with Gasteiger partial charge in [-0.25, -0.2) is 0 Å². The van der Waals surface area contributed by atoms with Crippen LogP contribution < -0.4 is 10.2 Å². The molecule has 8 heteroatoms. The second kappa shape index (κ2) is 16.6. The van der Waals surface area contributed by atoms with Crippen LogP contribution in [-0.4, -0.2) is 26.4 Å². The highest BCUT2D eigenvalue weighted by Gasteiger charge is 2.23. The van der Waals surface area contributed by atoms with Gasteiger partial charge in [-0.15, -0.1) is 0 Å². The van der Waals surface area contributed by atoms with Crippen LogP contribution in [0, 0.1) is 0 Å². The zero-order chi connectivity index (χ0) is 29.6. The molecule has 4 N–H and O–H groups in total. The third kappa shape index (κ3) is 9.73. The largest absolute Gasteiger partial charge is 0.508 e. The summed E-state index contributed by atoms with van der Waals surface area (Å²) in [4.78, 5) is 25.9. The molecular weight excluding hydrogens is 524 g/mol. The van der Waals surface area contributed by atoms with Crippen molar-refractivity contribution >= 4 is 16.9 Å². The van der Waals surface area contributed by atoms with Gasteiger partial charge in [0.2, 0.25) is 11.2 Å². The summed E-state index contributed by atoms with van der Waals surface area (Å²) < 4.78 is 11.2. The third-order valence-corrected chi connectivity index (χ3v) is 7.36. The molecule has 0 saturated carbocycles. The quantitative estimate of drug-likeness (QED) is 0.0681. The number of aromatic hydroxyl groups is 4. The maximum atomic E-state index is 13.3. The second-order valence-corrected chi connectivity index (χ2v) is 10.8. The van der Waals surface area contributed by atoms with Crippen LogP contribution in [0.25, 0.3) is 22.3 Å². The Balaban J connectivity index is 1.48. The van der Waals surface area contributed by atoms with Crippen LogP contribution in [0.1, 0.15) is 110 Å². The lowest BCUT2D eigenvalue weighted by atomic mass is 10.0. The Labute approximate surface area is 241 Å². The number of benzene rings is 2. The molecule has 8 nitrogen and oxygen atoms in total. The average molecular weight is 569 g/mol. The molecule has 2 aromatic carbocycles. The Morgan fingerprint density at radius 2 is 1.27 bits per heavy atom. The topological polar surface area (TPSA) is 137 Å². The van der Waals surface area contributed by atoms with Crippen molar-refractivity contribution in [2.24, 2.45) is 0 Å². The lowest BCUT2D eigenvalue weighted by Gasteiger charge is -2.12. The van der Waals surface area contributed by atoms with E-state index < -0.39 is 28.6 Å². The fourth-order valence-corrected chi connectivity index (χ4v) is 5.02. The maximum Gasteiger partial charge on any atom is 0.311 e. The number of ether oxygens (including phenoxy) is 1. The highest BCUT2D eigenvalue weighted by Crippen LogP contribution is 2.38. The molecule has 1 aromatic heterocycles. The lowest BCUT2D eigenvalue weighted by Crippen LogP contribution is -2.16. The molecule has 3 aromatic rings. The van der Waals surface area contributed by atoms with Crippen molar-refractivity contribution in [1.29, 1.82) is 0 Å². The number of fused-ring (bicyclic) bond motifs is 1. The summed E-state index contributed by atoms with van der Waals surface area (Å²) in [5.41, 5.74) is -0.759. The van der Waals surface area contributed by atoms with E-state index in [1.165, 1.54) is 82.8 Å². The number of hydrogen-bond donors (Lipinski definition) is 4. The number of unbranched alkanes of at least 4 members (excludes halogenated alkanes) is 14. The number of hydrogen-bond acceptors (Lipinski definition) is 8. The van der Waals surface area contributed by atoms with Crippen LogP contribution in [-0.2, 0) is 4.79 Å². The van der Waals surface area contributed by atoms with Gasteiger partial charge in [0.15, 0.2) is 17.3 Å². The predicted molar refractivity (Wildman–Crippen MR) is 160 cm³/mol. The zero-order valence-electron chi connectivity index (χ0n) is 24.1. The van der Waals surface area contributed by atoms with Gasteiger partial charge in [-0.3, -0.25) is 9.59 Å². The highest BCUT2D eigenvalue weighted by molar-refractivity contribution is 5.89.